The SMILES string of the molecule is CCOC(=O)C1=CCC(C(C)(C)C)CCC1=O. The van der Waals surface area contributed by atoms with E-state index >= 15 is 0 Å². The minimum absolute atomic E-state index is 0.0739. The van der Waals surface area contributed by atoms with Crippen molar-refractivity contribution in [3.8, 4) is 0 Å². The number of ketones is 1. The molecule has 17 heavy (non-hydrogen) atoms. The van der Waals surface area contributed by atoms with Crippen LogP contribution in [0.4, 0.5) is 0 Å². The Bertz CT molecular complexity index is 334. The molecule has 0 saturated heterocycles. The van der Waals surface area contributed by atoms with Crippen molar-refractivity contribution in [1.82, 2.24) is 0 Å². The predicted molar refractivity (Wildman–Crippen MR) is 66.5 cm³/mol. The monoisotopic (exact) mass is 238 g/mol. The van der Waals surface area contributed by atoms with E-state index in [0.717, 1.165) is 12.8 Å². The van der Waals surface area contributed by atoms with Gasteiger partial charge in [0.05, 0.1) is 12.2 Å². The van der Waals surface area contributed by atoms with Gasteiger partial charge < -0.3 is 4.74 Å². The molecule has 1 rings (SSSR count). The molecule has 0 N–H and O–H groups in total. The van der Waals surface area contributed by atoms with E-state index in [4.69, 9.17) is 4.74 Å². The van der Waals surface area contributed by atoms with Gasteiger partial charge in [-0.3, -0.25) is 4.79 Å². The van der Waals surface area contributed by atoms with Crippen LogP contribution in [-0.4, -0.2) is 18.4 Å². The van der Waals surface area contributed by atoms with Gasteiger partial charge in [0.15, 0.2) is 5.78 Å². The molecule has 0 radical (unpaired) electrons. The number of rotatable bonds is 2. The van der Waals surface area contributed by atoms with Gasteiger partial charge in [0.2, 0.25) is 0 Å². The minimum Gasteiger partial charge on any atom is -0.462 e. The van der Waals surface area contributed by atoms with Crippen molar-refractivity contribution in [2.24, 2.45) is 11.3 Å². The maximum absolute atomic E-state index is 11.8. The van der Waals surface area contributed by atoms with E-state index in [0.29, 0.717) is 18.9 Å². The third-order valence-corrected chi connectivity index (χ3v) is 3.35. The lowest BCUT2D eigenvalue weighted by Gasteiger charge is -2.28. The highest BCUT2D eigenvalue weighted by atomic mass is 16.5. The van der Waals surface area contributed by atoms with Gasteiger partial charge in [0, 0.05) is 6.42 Å². The maximum Gasteiger partial charge on any atom is 0.341 e. The van der Waals surface area contributed by atoms with Crippen LogP contribution in [0.2, 0.25) is 0 Å². The molecule has 0 bridgehead atoms. The zero-order valence-corrected chi connectivity index (χ0v) is 11.2. The van der Waals surface area contributed by atoms with Gasteiger partial charge in [0.1, 0.15) is 0 Å². The third-order valence-electron chi connectivity index (χ3n) is 3.35. The number of carbonyl (C=O) groups excluding carboxylic acids is 2. The van der Waals surface area contributed by atoms with Crippen molar-refractivity contribution in [1.29, 1.82) is 0 Å². The van der Waals surface area contributed by atoms with Gasteiger partial charge in [0.25, 0.3) is 0 Å². The standard InChI is InChI=1S/C14H22O3/c1-5-17-13(16)11-8-6-10(14(2,3)4)7-9-12(11)15/h8,10H,5-7,9H2,1-4H3. The summed E-state index contributed by atoms with van der Waals surface area (Å²) >= 11 is 0. The van der Waals surface area contributed by atoms with E-state index in [1.54, 1.807) is 13.0 Å². The van der Waals surface area contributed by atoms with Gasteiger partial charge >= 0.3 is 5.97 Å². The van der Waals surface area contributed by atoms with Crippen molar-refractivity contribution in [2.45, 2.75) is 47.0 Å². The predicted octanol–water partition coefficient (Wildman–Crippen LogP) is 2.89. The largest absolute Gasteiger partial charge is 0.462 e. The van der Waals surface area contributed by atoms with E-state index in [-0.39, 0.29) is 16.8 Å². The molecule has 1 atom stereocenters. The molecule has 1 aliphatic rings. The first-order valence-electron chi connectivity index (χ1n) is 6.26. The molecule has 0 aromatic heterocycles. The van der Waals surface area contributed by atoms with Crippen molar-refractivity contribution < 1.29 is 14.3 Å². The Morgan fingerprint density at radius 2 is 2.12 bits per heavy atom. The molecular formula is C14H22O3. The number of carbonyl (C=O) groups is 2. The fourth-order valence-electron chi connectivity index (χ4n) is 2.12. The number of hydrogen-bond acceptors (Lipinski definition) is 3. The average Bonchev–Trinajstić information content (AvgIpc) is 2.39. The third kappa shape index (κ3) is 3.69. The molecular weight excluding hydrogens is 216 g/mol. The fraction of sp³-hybridized carbons (Fsp3) is 0.714. The number of hydrogen-bond donors (Lipinski definition) is 0. The Morgan fingerprint density at radius 3 is 2.65 bits per heavy atom. The molecule has 3 heteroatoms. The lowest BCUT2D eigenvalue weighted by molar-refractivity contribution is -0.140. The van der Waals surface area contributed by atoms with Crippen LogP contribution in [-0.2, 0) is 14.3 Å². The van der Waals surface area contributed by atoms with Crippen LogP contribution in [0, 0.1) is 11.3 Å². The highest BCUT2D eigenvalue weighted by molar-refractivity contribution is 6.17. The molecule has 96 valence electrons. The maximum atomic E-state index is 11.8. The van der Waals surface area contributed by atoms with E-state index in [1.165, 1.54) is 0 Å². The average molecular weight is 238 g/mol. The number of esters is 1. The summed E-state index contributed by atoms with van der Waals surface area (Å²) in [5.41, 5.74) is 0.416. The molecule has 0 spiro atoms. The van der Waals surface area contributed by atoms with Crippen molar-refractivity contribution in [2.75, 3.05) is 6.61 Å². The second kappa shape index (κ2) is 5.48. The highest BCUT2D eigenvalue weighted by Crippen LogP contribution is 2.35. The van der Waals surface area contributed by atoms with Gasteiger partial charge in [-0.1, -0.05) is 26.8 Å². The van der Waals surface area contributed by atoms with Crippen LogP contribution >= 0.6 is 0 Å². The summed E-state index contributed by atoms with van der Waals surface area (Å²) in [7, 11) is 0. The van der Waals surface area contributed by atoms with Crippen LogP contribution in [0.3, 0.4) is 0 Å². The summed E-state index contributed by atoms with van der Waals surface area (Å²) in [4.78, 5) is 23.4. The highest BCUT2D eigenvalue weighted by Gasteiger charge is 2.29. The minimum atomic E-state index is -0.466. The van der Waals surface area contributed by atoms with Gasteiger partial charge in [-0.05, 0) is 31.1 Å². The number of Topliss-reactive ketones (excluding diaryl/α,β-unsaturated/α-hetero) is 1. The first-order valence-corrected chi connectivity index (χ1v) is 6.26. The van der Waals surface area contributed by atoms with Crippen LogP contribution in [0.1, 0.15) is 47.0 Å². The first kappa shape index (κ1) is 13.9. The quantitative estimate of drug-likeness (QED) is 0.549. The van der Waals surface area contributed by atoms with E-state index in [9.17, 15) is 9.59 Å². The molecule has 0 saturated carbocycles. The second-order valence-corrected chi connectivity index (χ2v) is 5.60. The second-order valence-electron chi connectivity index (χ2n) is 5.60. The molecule has 0 aliphatic heterocycles. The topological polar surface area (TPSA) is 43.4 Å². The van der Waals surface area contributed by atoms with Crippen molar-refractivity contribution in [3.63, 3.8) is 0 Å². The summed E-state index contributed by atoms with van der Waals surface area (Å²) in [6, 6.07) is 0. The zero-order chi connectivity index (χ0) is 13.1. The smallest absolute Gasteiger partial charge is 0.341 e. The summed E-state index contributed by atoms with van der Waals surface area (Å²) in [6.07, 6.45) is 3.85. The Balaban J connectivity index is 2.82. The Labute approximate surface area is 103 Å². The summed E-state index contributed by atoms with van der Waals surface area (Å²) in [6.45, 7) is 8.58. The molecule has 0 aromatic carbocycles. The van der Waals surface area contributed by atoms with Crippen LogP contribution in [0.5, 0.6) is 0 Å². The van der Waals surface area contributed by atoms with Gasteiger partial charge in [-0.25, -0.2) is 4.79 Å². The van der Waals surface area contributed by atoms with E-state index in [2.05, 4.69) is 20.8 Å². The van der Waals surface area contributed by atoms with Gasteiger partial charge in [-0.2, -0.15) is 0 Å². The lowest BCUT2D eigenvalue weighted by atomic mass is 9.77. The molecule has 0 aromatic rings. The molecule has 0 amide bonds. The normalized spacial score (nSPS) is 21.8. The van der Waals surface area contributed by atoms with Crippen molar-refractivity contribution >= 4 is 11.8 Å². The zero-order valence-electron chi connectivity index (χ0n) is 11.2. The van der Waals surface area contributed by atoms with Crippen LogP contribution < -0.4 is 0 Å². The molecule has 1 aliphatic carbocycles. The molecule has 0 heterocycles. The van der Waals surface area contributed by atoms with Crippen LogP contribution in [0.15, 0.2) is 11.6 Å². The Kier molecular flexibility index (Phi) is 4.49. The summed E-state index contributed by atoms with van der Waals surface area (Å²) < 4.78 is 4.90. The molecule has 1 unspecified atom stereocenters. The number of allylic oxidation sites excluding steroid dienone is 1. The Hall–Kier alpha value is -1.12. The Morgan fingerprint density at radius 1 is 1.47 bits per heavy atom. The fourth-order valence-corrected chi connectivity index (χ4v) is 2.12. The van der Waals surface area contributed by atoms with E-state index < -0.39 is 5.97 Å². The van der Waals surface area contributed by atoms with Crippen molar-refractivity contribution in [3.05, 3.63) is 11.6 Å². The molecule has 0 fully saturated rings. The molecule has 3 nitrogen and oxygen atoms in total. The van der Waals surface area contributed by atoms with Crippen LogP contribution in [0.25, 0.3) is 0 Å². The van der Waals surface area contributed by atoms with E-state index in [1.807, 2.05) is 0 Å². The lowest BCUT2D eigenvalue weighted by Crippen LogP contribution is -2.19. The first-order chi connectivity index (χ1) is 7.86. The summed E-state index contributed by atoms with van der Waals surface area (Å²) in [5.74, 6) is -0.0966. The number of ether oxygens (including phenoxy) is 1. The van der Waals surface area contributed by atoms with Gasteiger partial charge in [-0.15, -0.1) is 0 Å². The summed E-state index contributed by atoms with van der Waals surface area (Å²) in [5, 5.41) is 0.